The third-order valence-corrected chi connectivity index (χ3v) is 6.35. The van der Waals surface area contributed by atoms with Crippen molar-refractivity contribution in [2.75, 3.05) is 19.7 Å². The maximum absolute atomic E-state index is 12.8. The SMILES string of the molecule is O=C(NCc1ocnc1C(=O)N1CC=C(C(=O)O)CC1)OCC1c2ccccc2-c2ccccc21. The van der Waals surface area contributed by atoms with E-state index in [-0.39, 0.29) is 61.5 Å². The van der Waals surface area contributed by atoms with E-state index in [1.807, 2.05) is 36.4 Å². The van der Waals surface area contributed by atoms with Crippen LogP contribution < -0.4 is 5.32 Å². The van der Waals surface area contributed by atoms with Crippen molar-refractivity contribution in [3.63, 3.8) is 0 Å². The van der Waals surface area contributed by atoms with Crippen LogP contribution in [0.1, 0.15) is 39.7 Å². The summed E-state index contributed by atoms with van der Waals surface area (Å²) >= 11 is 0. The Bertz CT molecular complexity index is 1280. The zero-order valence-corrected chi connectivity index (χ0v) is 18.8. The van der Waals surface area contributed by atoms with E-state index in [0.717, 1.165) is 28.6 Å². The van der Waals surface area contributed by atoms with Gasteiger partial charge in [0.05, 0.1) is 6.54 Å². The van der Waals surface area contributed by atoms with E-state index >= 15 is 0 Å². The number of nitrogens with one attached hydrogen (secondary N) is 1. The van der Waals surface area contributed by atoms with Crippen molar-refractivity contribution in [1.29, 1.82) is 0 Å². The second-order valence-corrected chi connectivity index (χ2v) is 8.34. The molecule has 0 unspecified atom stereocenters. The smallest absolute Gasteiger partial charge is 0.407 e. The first-order valence-corrected chi connectivity index (χ1v) is 11.3. The third kappa shape index (κ3) is 4.40. The minimum absolute atomic E-state index is 0.0570. The van der Waals surface area contributed by atoms with Crippen LogP contribution in [0.5, 0.6) is 0 Å². The van der Waals surface area contributed by atoms with E-state index in [2.05, 4.69) is 22.4 Å². The predicted molar refractivity (Wildman–Crippen MR) is 125 cm³/mol. The number of nitrogens with zero attached hydrogens (tertiary/aromatic N) is 2. The Morgan fingerprint density at radius 2 is 1.77 bits per heavy atom. The number of alkyl carbamates (subject to hydrolysis) is 1. The van der Waals surface area contributed by atoms with Crippen molar-refractivity contribution < 1.29 is 28.6 Å². The van der Waals surface area contributed by atoms with Crippen molar-refractivity contribution in [3.8, 4) is 11.1 Å². The van der Waals surface area contributed by atoms with E-state index in [0.29, 0.717) is 0 Å². The van der Waals surface area contributed by atoms with Crippen molar-refractivity contribution in [2.45, 2.75) is 18.9 Å². The van der Waals surface area contributed by atoms with Crippen molar-refractivity contribution in [3.05, 3.63) is 89.2 Å². The van der Waals surface area contributed by atoms with Gasteiger partial charge in [-0.15, -0.1) is 0 Å². The van der Waals surface area contributed by atoms with Gasteiger partial charge >= 0.3 is 12.1 Å². The highest BCUT2D eigenvalue weighted by molar-refractivity contribution is 5.94. The summed E-state index contributed by atoms with van der Waals surface area (Å²) in [4.78, 5) is 41.8. The van der Waals surface area contributed by atoms with Crippen LogP contribution in [-0.4, -0.2) is 52.7 Å². The molecule has 2 heterocycles. The number of hydrogen-bond acceptors (Lipinski definition) is 6. The highest BCUT2D eigenvalue weighted by atomic mass is 16.5. The average molecular weight is 473 g/mol. The first-order valence-electron chi connectivity index (χ1n) is 11.3. The molecule has 2 N–H and O–H groups in total. The highest BCUT2D eigenvalue weighted by Gasteiger charge is 2.29. The summed E-state index contributed by atoms with van der Waals surface area (Å²) in [5, 5.41) is 11.7. The van der Waals surface area contributed by atoms with Crippen LogP contribution in [0.3, 0.4) is 0 Å². The summed E-state index contributed by atoms with van der Waals surface area (Å²) in [6.45, 7) is 0.547. The van der Waals surface area contributed by atoms with Crippen LogP contribution in [0, 0.1) is 0 Å². The fourth-order valence-electron chi connectivity index (χ4n) is 4.57. The molecule has 35 heavy (non-hydrogen) atoms. The number of amides is 2. The molecule has 9 heteroatoms. The average Bonchev–Trinajstić information content (AvgIpc) is 3.48. The largest absolute Gasteiger partial charge is 0.478 e. The van der Waals surface area contributed by atoms with Gasteiger partial charge in [0.25, 0.3) is 5.91 Å². The van der Waals surface area contributed by atoms with Gasteiger partial charge in [-0.05, 0) is 28.7 Å². The summed E-state index contributed by atoms with van der Waals surface area (Å²) < 4.78 is 10.8. The van der Waals surface area contributed by atoms with Crippen molar-refractivity contribution in [1.82, 2.24) is 15.2 Å². The Hall–Kier alpha value is -4.40. The number of fused-ring (bicyclic) bond motifs is 3. The van der Waals surface area contributed by atoms with Gasteiger partial charge in [0.15, 0.2) is 17.8 Å². The van der Waals surface area contributed by atoms with Crippen molar-refractivity contribution in [2.24, 2.45) is 0 Å². The second-order valence-electron chi connectivity index (χ2n) is 8.34. The van der Waals surface area contributed by atoms with Gasteiger partial charge in [0, 0.05) is 24.6 Å². The molecular formula is C26H23N3O6. The molecule has 0 fully saturated rings. The molecule has 3 aromatic rings. The number of aromatic nitrogens is 1. The number of benzene rings is 2. The Kier molecular flexibility index (Phi) is 6.05. The first-order chi connectivity index (χ1) is 17.0. The zero-order valence-electron chi connectivity index (χ0n) is 18.8. The van der Waals surface area contributed by atoms with Gasteiger partial charge in [-0.2, -0.15) is 0 Å². The lowest BCUT2D eigenvalue weighted by Crippen LogP contribution is -2.36. The van der Waals surface area contributed by atoms with E-state index in [9.17, 15) is 14.4 Å². The van der Waals surface area contributed by atoms with Crippen LogP contribution >= 0.6 is 0 Å². The number of carboxylic acid groups (broad SMARTS) is 1. The molecule has 0 radical (unpaired) electrons. The lowest BCUT2D eigenvalue weighted by atomic mass is 9.98. The first kappa shape index (κ1) is 22.4. The molecular weight excluding hydrogens is 450 g/mol. The summed E-state index contributed by atoms with van der Waals surface area (Å²) in [5.41, 5.74) is 4.88. The summed E-state index contributed by atoms with van der Waals surface area (Å²) in [5.74, 6) is -1.22. The topological polar surface area (TPSA) is 122 Å². The number of hydrogen-bond donors (Lipinski definition) is 2. The number of carbonyl (C=O) groups excluding carboxylic acids is 2. The normalized spacial score (nSPS) is 14.6. The molecule has 178 valence electrons. The maximum Gasteiger partial charge on any atom is 0.407 e. The fourth-order valence-corrected chi connectivity index (χ4v) is 4.57. The van der Waals surface area contributed by atoms with Gasteiger partial charge < -0.3 is 24.5 Å². The van der Waals surface area contributed by atoms with Gasteiger partial charge in [-0.1, -0.05) is 54.6 Å². The quantitative estimate of drug-likeness (QED) is 0.561. The van der Waals surface area contributed by atoms with Crippen molar-refractivity contribution >= 4 is 18.0 Å². The van der Waals surface area contributed by atoms with Gasteiger partial charge in [-0.3, -0.25) is 4.79 Å². The Morgan fingerprint density at radius 3 is 2.40 bits per heavy atom. The summed E-state index contributed by atoms with van der Waals surface area (Å²) in [6, 6.07) is 16.2. The van der Waals surface area contributed by atoms with E-state index in [1.54, 1.807) is 0 Å². The summed E-state index contributed by atoms with van der Waals surface area (Å²) in [6.07, 6.45) is 2.28. The Morgan fingerprint density at radius 1 is 1.09 bits per heavy atom. The molecule has 0 spiro atoms. The van der Waals surface area contributed by atoms with Gasteiger partial charge in [-0.25, -0.2) is 14.6 Å². The number of rotatable bonds is 6. The number of ether oxygens (including phenoxy) is 1. The minimum Gasteiger partial charge on any atom is -0.478 e. The molecule has 2 amide bonds. The monoisotopic (exact) mass is 473 g/mol. The molecule has 1 aliphatic carbocycles. The molecule has 0 saturated carbocycles. The standard InChI is InChI=1S/C26H23N3O6/c30-24(29-11-9-16(10-12-29)25(31)32)23-22(35-15-28-23)13-27-26(33)34-14-21-19-7-3-1-5-17(19)18-6-2-4-8-20(18)21/h1-9,15,21H,10-14H2,(H,27,33)(H,31,32). The molecule has 2 aliphatic rings. The third-order valence-electron chi connectivity index (χ3n) is 6.35. The number of carboxylic acids is 1. The van der Waals surface area contributed by atoms with E-state index in [1.165, 1.54) is 11.0 Å². The highest BCUT2D eigenvalue weighted by Crippen LogP contribution is 2.44. The Balaban J connectivity index is 1.19. The molecule has 5 rings (SSSR count). The van der Waals surface area contributed by atoms with Gasteiger partial charge in [0.2, 0.25) is 0 Å². The fraction of sp³-hybridized carbons (Fsp3) is 0.231. The predicted octanol–water partition coefficient (Wildman–Crippen LogP) is 3.57. The van der Waals surface area contributed by atoms with Crippen LogP contribution in [0.15, 0.2) is 71.0 Å². The molecule has 1 aromatic heterocycles. The number of carbonyl (C=O) groups is 3. The second kappa shape index (κ2) is 9.46. The molecule has 2 aromatic carbocycles. The molecule has 0 saturated heterocycles. The molecule has 1 aliphatic heterocycles. The lowest BCUT2D eigenvalue weighted by Gasteiger charge is -2.24. The number of oxazole rings is 1. The minimum atomic E-state index is -0.980. The van der Waals surface area contributed by atoms with E-state index < -0.39 is 12.1 Å². The van der Waals surface area contributed by atoms with Gasteiger partial charge in [0.1, 0.15) is 6.61 Å². The molecule has 0 bridgehead atoms. The number of aliphatic carboxylic acids is 1. The van der Waals surface area contributed by atoms with E-state index in [4.69, 9.17) is 14.3 Å². The van der Waals surface area contributed by atoms with Crippen LogP contribution in [-0.2, 0) is 16.1 Å². The summed E-state index contributed by atoms with van der Waals surface area (Å²) in [7, 11) is 0. The maximum atomic E-state index is 12.8. The van der Waals surface area contributed by atoms with Crippen LogP contribution in [0.4, 0.5) is 4.79 Å². The zero-order chi connectivity index (χ0) is 24.4. The molecule has 0 atom stereocenters. The lowest BCUT2D eigenvalue weighted by molar-refractivity contribution is -0.133. The Labute approximate surface area is 201 Å². The van der Waals surface area contributed by atoms with Crippen LogP contribution in [0.25, 0.3) is 11.1 Å². The van der Waals surface area contributed by atoms with Crippen LogP contribution in [0.2, 0.25) is 0 Å². The molecule has 9 nitrogen and oxygen atoms in total.